The number of rotatable bonds is 6. The van der Waals surface area contributed by atoms with Gasteiger partial charge in [-0.3, -0.25) is 9.67 Å². The number of hydrogen-bond acceptors (Lipinski definition) is 6. The number of nitrogens with one attached hydrogen (secondary N) is 1. The number of fused-ring (bicyclic) bond motifs is 1. The molecule has 1 saturated heterocycles. The van der Waals surface area contributed by atoms with Crippen LogP contribution in [0.5, 0.6) is 0 Å². The van der Waals surface area contributed by atoms with E-state index >= 15 is 0 Å². The van der Waals surface area contributed by atoms with Gasteiger partial charge in [-0.15, -0.1) is 0 Å². The van der Waals surface area contributed by atoms with Crippen molar-refractivity contribution in [2.45, 2.75) is 45.1 Å². The van der Waals surface area contributed by atoms with Gasteiger partial charge in [0.2, 0.25) is 0 Å². The molecule has 0 amide bonds. The number of hydrogen-bond donors (Lipinski definition) is 1. The summed E-state index contributed by atoms with van der Waals surface area (Å²) >= 11 is 0. The Morgan fingerprint density at radius 1 is 0.931 bits per heavy atom. The lowest BCUT2D eigenvalue weighted by Crippen LogP contribution is -2.32. The Hall–Kier alpha value is -2.80. The maximum Gasteiger partial charge on any atom is 0.161 e. The van der Waals surface area contributed by atoms with Crippen LogP contribution in [0.4, 0.5) is 11.5 Å². The molecule has 1 aliphatic heterocycles. The molecular weight excluding hydrogens is 362 g/mol. The number of piperidine rings is 1. The van der Waals surface area contributed by atoms with Crippen molar-refractivity contribution in [2.75, 3.05) is 25.0 Å². The zero-order valence-corrected chi connectivity index (χ0v) is 16.7. The van der Waals surface area contributed by atoms with E-state index in [4.69, 9.17) is 9.97 Å². The fraction of sp³-hybridized carbons (Fsp3) is 0.455. The Kier molecular flexibility index (Phi) is 5.21. The normalized spacial score (nSPS) is 16.7. The molecular formula is C22H27N7. The first-order valence-electron chi connectivity index (χ1n) is 10.7. The van der Waals surface area contributed by atoms with E-state index in [0.717, 1.165) is 60.9 Å². The first-order chi connectivity index (χ1) is 14.3. The Morgan fingerprint density at radius 2 is 1.79 bits per heavy atom. The summed E-state index contributed by atoms with van der Waals surface area (Å²) in [6.45, 7) is 4.43. The van der Waals surface area contributed by atoms with Crippen molar-refractivity contribution in [3.63, 3.8) is 0 Å². The average molecular weight is 390 g/mol. The number of aryl methyl sites for hydroxylation is 1. The van der Waals surface area contributed by atoms with Crippen molar-refractivity contribution in [1.82, 2.24) is 29.6 Å². The van der Waals surface area contributed by atoms with Crippen molar-refractivity contribution in [1.29, 1.82) is 0 Å². The zero-order chi connectivity index (χ0) is 19.5. The van der Waals surface area contributed by atoms with Gasteiger partial charge in [0.25, 0.3) is 0 Å². The van der Waals surface area contributed by atoms with Crippen LogP contribution in [-0.4, -0.2) is 49.3 Å². The second-order valence-electron chi connectivity index (χ2n) is 7.93. The summed E-state index contributed by atoms with van der Waals surface area (Å²) in [4.78, 5) is 16.3. The molecule has 0 unspecified atom stereocenters. The minimum absolute atomic E-state index is 0.757. The van der Waals surface area contributed by atoms with Gasteiger partial charge in [0.1, 0.15) is 5.82 Å². The summed E-state index contributed by atoms with van der Waals surface area (Å²) in [5.41, 5.74) is 4.38. The van der Waals surface area contributed by atoms with Crippen LogP contribution >= 0.6 is 0 Å². The van der Waals surface area contributed by atoms with Gasteiger partial charge in [0, 0.05) is 42.0 Å². The van der Waals surface area contributed by atoms with E-state index in [1.165, 1.54) is 37.9 Å². The van der Waals surface area contributed by atoms with Crippen molar-refractivity contribution in [3.8, 4) is 11.4 Å². The molecule has 2 aliphatic rings. The van der Waals surface area contributed by atoms with Crippen molar-refractivity contribution in [2.24, 2.45) is 0 Å². The molecule has 3 aromatic heterocycles. The monoisotopic (exact) mass is 389 g/mol. The van der Waals surface area contributed by atoms with Crippen LogP contribution in [0.15, 0.2) is 36.9 Å². The van der Waals surface area contributed by atoms with Crippen LogP contribution in [0.1, 0.15) is 36.9 Å². The smallest absolute Gasteiger partial charge is 0.161 e. The fourth-order valence-corrected chi connectivity index (χ4v) is 4.28. The van der Waals surface area contributed by atoms with E-state index in [1.54, 1.807) is 12.4 Å². The summed E-state index contributed by atoms with van der Waals surface area (Å²) in [5.74, 6) is 1.67. The van der Waals surface area contributed by atoms with Gasteiger partial charge in [0.05, 0.1) is 18.4 Å². The highest BCUT2D eigenvalue weighted by molar-refractivity contribution is 5.64. The van der Waals surface area contributed by atoms with Gasteiger partial charge in [-0.1, -0.05) is 6.42 Å². The van der Waals surface area contributed by atoms with Crippen LogP contribution in [-0.2, 0) is 19.4 Å². The SMILES string of the molecule is c1cc(-c2nc3c(c(Nc4cnn(CCN5CCCCC5)c4)n2)CCC3)ccn1. The van der Waals surface area contributed by atoms with Crippen molar-refractivity contribution in [3.05, 3.63) is 48.2 Å². The number of nitrogens with zero attached hydrogens (tertiary/aromatic N) is 6. The Morgan fingerprint density at radius 3 is 2.66 bits per heavy atom. The van der Waals surface area contributed by atoms with Crippen LogP contribution in [0.2, 0.25) is 0 Å². The third-order valence-electron chi connectivity index (χ3n) is 5.86. The van der Waals surface area contributed by atoms with E-state index in [9.17, 15) is 0 Å². The largest absolute Gasteiger partial charge is 0.337 e. The molecule has 7 heteroatoms. The van der Waals surface area contributed by atoms with E-state index in [1.807, 2.05) is 23.0 Å². The predicted octanol–water partition coefficient (Wildman–Crippen LogP) is 3.45. The maximum atomic E-state index is 4.84. The van der Waals surface area contributed by atoms with Gasteiger partial charge in [-0.2, -0.15) is 5.10 Å². The van der Waals surface area contributed by atoms with Crippen LogP contribution < -0.4 is 5.32 Å². The fourth-order valence-electron chi connectivity index (χ4n) is 4.28. The number of pyridine rings is 1. The van der Waals surface area contributed by atoms with Gasteiger partial charge in [0.15, 0.2) is 5.82 Å². The molecule has 29 heavy (non-hydrogen) atoms. The number of likely N-dealkylation sites (tertiary alicyclic amines) is 1. The molecule has 4 heterocycles. The first kappa shape index (κ1) is 18.2. The lowest BCUT2D eigenvalue weighted by molar-refractivity contribution is 0.218. The molecule has 5 rings (SSSR count). The molecule has 0 spiro atoms. The quantitative estimate of drug-likeness (QED) is 0.696. The lowest BCUT2D eigenvalue weighted by Gasteiger charge is -2.26. The van der Waals surface area contributed by atoms with E-state index in [-0.39, 0.29) is 0 Å². The first-order valence-corrected chi connectivity index (χ1v) is 10.7. The highest BCUT2D eigenvalue weighted by atomic mass is 15.3. The Balaban J connectivity index is 1.32. The van der Waals surface area contributed by atoms with E-state index in [0.29, 0.717) is 0 Å². The Labute approximate surface area is 171 Å². The minimum atomic E-state index is 0.757. The Bertz CT molecular complexity index is 961. The summed E-state index contributed by atoms with van der Waals surface area (Å²) in [6.07, 6.45) is 14.7. The van der Waals surface area contributed by atoms with Crippen molar-refractivity contribution >= 4 is 11.5 Å². The lowest BCUT2D eigenvalue weighted by atomic mass is 10.1. The molecule has 0 aromatic carbocycles. The predicted molar refractivity (Wildman–Crippen MR) is 113 cm³/mol. The molecule has 7 nitrogen and oxygen atoms in total. The minimum Gasteiger partial charge on any atom is -0.337 e. The van der Waals surface area contributed by atoms with Crippen LogP contribution in [0, 0.1) is 0 Å². The van der Waals surface area contributed by atoms with Crippen LogP contribution in [0.25, 0.3) is 11.4 Å². The van der Waals surface area contributed by atoms with Crippen molar-refractivity contribution < 1.29 is 0 Å². The summed E-state index contributed by atoms with van der Waals surface area (Å²) in [7, 11) is 0. The molecule has 150 valence electrons. The molecule has 1 N–H and O–H groups in total. The third kappa shape index (κ3) is 4.15. The number of aromatic nitrogens is 5. The van der Waals surface area contributed by atoms with Gasteiger partial charge in [-0.25, -0.2) is 9.97 Å². The number of anilines is 2. The molecule has 0 radical (unpaired) electrons. The molecule has 0 atom stereocenters. The summed E-state index contributed by atoms with van der Waals surface area (Å²) in [6, 6.07) is 3.91. The second kappa shape index (κ2) is 8.29. The van der Waals surface area contributed by atoms with Gasteiger partial charge < -0.3 is 10.2 Å². The molecule has 0 bridgehead atoms. The molecule has 1 aliphatic carbocycles. The summed E-state index contributed by atoms with van der Waals surface area (Å²) in [5, 5.41) is 8.06. The maximum absolute atomic E-state index is 4.84. The molecule has 0 saturated carbocycles. The van der Waals surface area contributed by atoms with Gasteiger partial charge >= 0.3 is 0 Å². The second-order valence-corrected chi connectivity index (χ2v) is 7.93. The van der Waals surface area contributed by atoms with E-state index in [2.05, 4.69) is 26.5 Å². The van der Waals surface area contributed by atoms with Gasteiger partial charge in [-0.05, 0) is 57.3 Å². The highest BCUT2D eigenvalue weighted by Crippen LogP contribution is 2.30. The van der Waals surface area contributed by atoms with E-state index < -0.39 is 0 Å². The molecule has 3 aromatic rings. The average Bonchev–Trinajstić information content (AvgIpc) is 3.43. The standard InChI is InChI=1S/C22H27N7/c1-2-11-28(12-3-1)13-14-29-16-18(15-24-29)25-22-19-5-4-6-20(19)26-21(27-22)17-7-9-23-10-8-17/h7-10,15-16H,1-6,11-14H2,(H,25,26,27). The summed E-state index contributed by atoms with van der Waals surface area (Å²) < 4.78 is 2.03. The highest BCUT2D eigenvalue weighted by Gasteiger charge is 2.20. The molecule has 1 fully saturated rings. The third-order valence-corrected chi connectivity index (χ3v) is 5.86. The zero-order valence-electron chi connectivity index (χ0n) is 16.7. The van der Waals surface area contributed by atoms with Crippen LogP contribution in [0.3, 0.4) is 0 Å². The topological polar surface area (TPSA) is 71.8 Å².